The molecule has 3 heteroatoms. The molecule has 0 bridgehead atoms. The molecule has 78 valence electrons. The summed E-state index contributed by atoms with van der Waals surface area (Å²) in [7, 11) is 4.11. The molecule has 1 aromatic heterocycles. The number of likely N-dealkylation sites (N-methyl/N-ethyl adjacent to an activating group) is 2. The molecule has 1 aromatic rings. The van der Waals surface area contributed by atoms with Crippen molar-refractivity contribution < 1.29 is 0 Å². The van der Waals surface area contributed by atoms with E-state index in [-0.39, 0.29) is 0 Å². The Balaban J connectivity index is 2.52. The quantitative estimate of drug-likeness (QED) is 0.764. The number of rotatable bonds is 5. The number of aromatic nitrogens is 1. The maximum Gasteiger partial charge on any atom is 0.0332 e. The lowest BCUT2D eigenvalue weighted by atomic mass is 10.1. The predicted octanol–water partition coefficient (Wildman–Crippen LogP) is 1.29. The average molecular weight is 193 g/mol. The standard InChI is InChI=1S/C11H19N3/c1-10(14(3)8-7-12-2)11-5-4-6-13-9-11/h4-6,9-10,12H,7-8H2,1-3H3. The number of nitrogens with zero attached hydrogens (tertiary/aromatic N) is 2. The minimum atomic E-state index is 0.428. The summed E-state index contributed by atoms with van der Waals surface area (Å²) >= 11 is 0. The molecular formula is C11H19N3. The molecule has 0 amide bonds. The molecule has 1 unspecified atom stereocenters. The van der Waals surface area contributed by atoms with Gasteiger partial charge in [0.05, 0.1) is 0 Å². The van der Waals surface area contributed by atoms with E-state index in [1.165, 1.54) is 5.56 Å². The zero-order chi connectivity index (χ0) is 10.4. The van der Waals surface area contributed by atoms with Crippen LogP contribution >= 0.6 is 0 Å². The van der Waals surface area contributed by atoms with Crippen molar-refractivity contribution in [2.45, 2.75) is 13.0 Å². The first kappa shape index (κ1) is 11.1. The monoisotopic (exact) mass is 193 g/mol. The van der Waals surface area contributed by atoms with Crippen LogP contribution in [-0.4, -0.2) is 37.1 Å². The van der Waals surface area contributed by atoms with Crippen LogP contribution in [0.1, 0.15) is 18.5 Å². The summed E-state index contributed by atoms with van der Waals surface area (Å²) in [6.07, 6.45) is 3.74. The van der Waals surface area contributed by atoms with Crippen molar-refractivity contribution in [1.29, 1.82) is 0 Å². The van der Waals surface area contributed by atoms with Crippen LogP contribution in [0.15, 0.2) is 24.5 Å². The van der Waals surface area contributed by atoms with Crippen LogP contribution in [0.3, 0.4) is 0 Å². The first-order valence-corrected chi connectivity index (χ1v) is 5.00. The molecule has 1 atom stereocenters. The van der Waals surface area contributed by atoms with Crippen LogP contribution in [0.2, 0.25) is 0 Å². The fourth-order valence-electron chi connectivity index (χ4n) is 1.36. The smallest absolute Gasteiger partial charge is 0.0332 e. The Morgan fingerprint density at radius 3 is 2.93 bits per heavy atom. The second-order valence-electron chi connectivity index (χ2n) is 3.55. The van der Waals surface area contributed by atoms with Gasteiger partial charge in [0.25, 0.3) is 0 Å². The van der Waals surface area contributed by atoms with Crippen molar-refractivity contribution in [3.05, 3.63) is 30.1 Å². The van der Waals surface area contributed by atoms with Gasteiger partial charge in [-0.3, -0.25) is 9.88 Å². The van der Waals surface area contributed by atoms with Gasteiger partial charge < -0.3 is 5.32 Å². The lowest BCUT2D eigenvalue weighted by Crippen LogP contribution is -2.29. The van der Waals surface area contributed by atoms with Gasteiger partial charge in [-0.05, 0) is 32.6 Å². The van der Waals surface area contributed by atoms with Gasteiger partial charge in [0.15, 0.2) is 0 Å². The summed E-state index contributed by atoms with van der Waals surface area (Å²) in [5.41, 5.74) is 1.27. The van der Waals surface area contributed by atoms with E-state index >= 15 is 0 Å². The highest BCUT2D eigenvalue weighted by Gasteiger charge is 2.10. The Morgan fingerprint density at radius 2 is 2.36 bits per heavy atom. The highest BCUT2D eigenvalue weighted by Crippen LogP contribution is 2.16. The summed E-state index contributed by atoms with van der Waals surface area (Å²) < 4.78 is 0. The Kier molecular flexibility index (Phi) is 4.56. The van der Waals surface area contributed by atoms with Gasteiger partial charge >= 0.3 is 0 Å². The maximum atomic E-state index is 4.13. The number of hydrogen-bond acceptors (Lipinski definition) is 3. The molecule has 0 saturated carbocycles. The van der Waals surface area contributed by atoms with Gasteiger partial charge in [-0.2, -0.15) is 0 Å². The van der Waals surface area contributed by atoms with Crippen molar-refractivity contribution >= 4 is 0 Å². The average Bonchev–Trinajstić information content (AvgIpc) is 2.26. The van der Waals surface area contributed by atoms with E-state index in [1.807, 2.05) is 25.5 Å². The Bertz CT molecular complexity index is 248. The highest BCUT2D eigenvalue weighted by atomic mass is 15.1. The fourth-order valence-corrected chi connectivity index (χ4v) is 1.36. The van der Waals surface area contributed by atoms with Crippen molar-refractivity contribution in [1.82, 2.24) is 15.2 Å². The topological polar surface area (TPSA) is 28.2 Å². The van der Waals surface area contributed by atoms with E-state index in [1.54, 1.807) is 0 Å². The maximum absolute atomic E-state index is 4.13. The molecule has 0 fully saturated rings. The van der Waals surface area contributed by atoms with Crippen LogP contribution < -0.4 is 5.32 Å². The molecule has 1 N–H and O–H groups in total. The van der Waals surface area contributed by atoms with E-state index in [0.29, 0.717) is 6.04 Å². The molecule has 0 aliphatic heterocycles. The molecule has 0 spiro atoms. The van der Waals surface area contributed by atoms with Gasteiger partial charge in [-0.1, -0.05) is 6.07 Å². The van der Waals surface area contributed by atoms with E-state index in [9.17, 15) is 0 Å². The second-order valence-corrected chi connectivity index (χ2v) is 3.55. The molecule has 14 heavy (non-hydrogen) atoms. The van der Waals surface area contributed by atoms with Crippen molar-refractivity contribution in [2.75, 3.05) is 27.2 Å². The normalized spacial score (nSPS) is 13.1. The first-order valence-electron chi connectivity index (χ1n) is 5.00. The fraction of sp³-hybridized carbons (Fsp3) is 0.545. The minimum Gasteiger partial charge on any atom is -0.318 e. The number of nitrogens with one attached hydrogen (secondary N) is 1. The molecule has 0 aliphatic rings. The Labute approximate surface area is 86.2 Å². The van der Waals surface area contributed by atoms with E-state index in [0.717, 1.165) is 13.1 Å². The van der Waals surface area contributed by atoms with Gasteiger partial charge in [0.2, 0.25) is 0 Å². The third-order valence-electron chi connectivity index (χ3n) is 2.54. The van der Waals surface area contributed by atoms with Crippen LogP contribution in [0.5, 0.6) is 0 Å². The van der Waals surface area contributed by atoms with Gasteiger partial charge in [0.1, 0.15) is 0 Å². The summed E-state index contributed by atoms with van der Waals surface area (Å²) in [4.78, 5) is 6.44. The van der Waals surface area contributed by atoms with Gasteiger partial charge in [-0.25, -0.2) is 0 Å². The molecule has 3 nitrogen and oxygen atoms in total. The second kappa shape index (κ2) is 5.73. The van der Waals surface area contributed by atoms with Gasteiger partial charge in [0, 0.05) is 31.5 Å². The lowest BCUT2D eigenvalue weighted by Gasteiger charge is -2.24. The van der Waals surface area contributed by atoms with E-state index in [2.05, 4.69) is 35.2 Å². The first-order chi connectivity index (χ1) is 6.75. The van der Waals surface area contributed by atoms with Crippen LogP contribution in [-0.2, 0) is 0 Å². The van der Waals surface area contributed by atoms with Crippen molar-refractivity contribution in [3.63, 3.8) is 0 Å². The van der Waals surface area contributed by atoms with E-state index < -0.39 is 0 Å². The number of hydrogen-bond donors (Lipinski definition) is 1. The van der Waals surface area contributed by atoms with Crippen molar-refractivity contribution in [2.24, 2.45) is 0 Å². The molecule has 1 rings (SSSR count). The Hall–Kier alpha value is -0.930. The molecular weight excluding hydrogens is 174 g/mol. The summed E-state index contributed by atoms with van der Waals surface area (Å²) in [6.45, 7) is 4.26. The zero-order valence-electron chi connectivity index (χ0n) is 9.20. The van der Waals surface area contributed by atoms with Crippen LogP contribution in [0, 0.1) is 0 Å². The third kappa shape index (κ3) is 3.09. The number of pyridine rings is 1. The highest BCUT2D eigenvalue weighted by molar-refractivity contribution is 5.12. The zero-order valence-corrected chi connectivity index (χ0v) is 9.20. The van der Waals surface area contributed by atoms with Crippen molar-refractivity contribution in [3.8, 4) is 0 Å². The third-order valence-corrected chi connectivity index (χ3v) is 2.54. The largest absolute Gasteiger partial charge is 0.318 e. The predicted molar refractivity (Wildman–Crippen MR) is 59.2 cm³/mol. The Morgan fingerprint density at radius 1 is 1.57 bits per heavy atom. The van der Waals surface area contributed by atoms with Crippen LogP contribution in [0.4, 0.5) is 0 Å². The summed E-state index contributed by atoms with van der Waals surface area (Å²) in [6, 6.07) is 4.53. The minimum absolute atomic E-state index is 0.428. The summed E-state index contributed by atoms with van der Waals surface area (Å²) in [5, 5.41) is 3.15. The molecule has 0 saturated heterocycles. The molecule has 0 aliphatic carbocycles. The van der Waals surface area contributed by atoms with Crippen LogP contribution in [0.25, 0.3) is 0 Å². The lowest BCUT2D eigenvalue weighted by molar-refractivity contribution is 0.263. The molecule has 1 heterocycles. The van der Waals surface area contributed by atoms with Gasteiger partial charge in [-0.15, -0.1) is 0 Å². The van der Waals surface area contributed by atoms with E-state index in [4.69, 9.17) is 0 Å². The SMILES string of the molecule is CNCCN(C)C(C)c1cccnc1. The molecule has 0 radical (unpaired) electrons. The molecule has 0 aromatic carbocycles. The summed E-state index contributed by atoms with van der Waals surface area (Å²) in [5.74, 6) is 0.